The van der Waals surface area contributed by atoms with E-state index in [1.54, 1.807) is 0 Å². The number of pyridine rings is 1. The highest BCUT2D eigenvalue weighted by Crippen LogP contribution is 2.12. The molecule has 4 heteroatoms. The molecule has 20 heavy (non-hydrogen) atoms. The van der Waals surface area contributed by atoms with Crippen molar-refractivity contribution in [1.82, 2.24) is 10.3 Å². The topological polar surface area (TPSA) is 51.2 Å². The molecule has 0 saturated carbocycles. The van der Waals surface area contributed by atoms with Crippen molar-refractivity contribution in [3.63, 3.8) is 0 Å². The van der Waals surface area contributed by atoms with Gasteiger partial charge < -0.3 is 4.74 Å². The summed E-state index contributed by atoms with van der Waals surface area (Å²) in [5.74, 6) is -0.0660. The molecular formula is C16H20N2O2. The van der Waals surface area contributed by atoms with Crippen molar-refractivity contribution in [2.24, 2.45) is 5.92 Å². The Hall–Kier alpha value is -1.94. The maximum Gasteiger partial charge on any atom is 0.323 e. The van der Waals surface area contributed by atoms with Crippen molar-refractivity contribution in [2.75, 3.05) is 7.11 Å². The molecule has 0 radical (unpaired) electrons. The van der Waals surface area contributed by atoms with Crippen LogP contribution in [0.2, 0.25) is 0 Å². The highest BCUT2D eigenvalue weighted by Gasteiger charge is 2.22. The quantitative estimate of drug-likeness (QED) is 0.850. The highest BCUT2D eigenvalue weighted by molar-refractivity contribution is 5.78. The minimum atomic E-state index is -0.312. The Bertz CT molecular complexity index is 596. The van der Waals surface area contributed by atoms with Gasteiger partial charge >= 0.3 is 5.97 Å². The lowest BCUT2D eigenvalue weighted by Crippen LogP contribution is -2.41. The third-order valence-corrected chi connectivity index (χ3v) is 3.28. The van der Waals surface area contributed by atoms with Crippen LogP contribution in [-0.4, -0.2) is 24.1 Å². The molecule has 0 amide bonds. The number of ether oxygens (including phenoxy) is 1. The van der Waals surface area contributed by atoms with Gasteiger partial charge in [-0.3, -0.25) is 15.1 Å². The highest BCUT2D eigenvalue weighted by atomic mass is 16.5. The standard InChI is InChI=1S/C16H20N2O2/c1-11(2)15(16(19)20-3)17-10-13-9-8-12-6-4-5-7-14(12)18-13/h4-9,11,15,17H,10H2,1-3H3. The lowest BCUT2D eigenvalue weighted by atomic mass is 10.0. The molecule has 1 aromatic carbocycles. The predicted octanol–water partition coefficient (Wildman–Crippen LogP) is 2.52. The first-order chi connectivity index (χ1) is 9.61. The summed E-state index contributed by atoms with van der Waals surface area (Å²) in [5, 5.41) is 4.33. The van der Waals surface area contributed by atoms with Crippen LogP contribution in [0, 0.1) is 5.92 Å². The first-order valence-electron chi connectivity index (χ1n) is 6.77. The zero-order chi connectivity index (χ0) is 14.5. The molecule has 2 aromatic rings. The number of para-hydroxylation sites is 1. The van der Waals surface area contributed by atoms with E-state index < -0.39 is 0 Å². The Morgan fingerprint density at radius 1 is 1.25 bits per heavy atom. The van der Waals surface area contributed by atoms with Crippen LogP contribution in [0.1, 0.15) is 19.5 Å². The van der Waals surface area contributed by atoms with E-state index in [9.17, 15) is 4.79 Å². The van der Waals surface area contributed by atoms with E-state index in [4.69, 9.17) is 4.74 Å². The largest absolute Gasteiger partial charge is 0.468 e. The van der Waals surface area contributed by atoms with E-state index in [1.807, 2.05) is 50.2 Å². The number of fused-ring (bicyclic) bond motifs is 1. The lowest BCUT2D eigenvalue weighted by Gasteiger charge is -2.19. The monoisotopic (exact) mass is 272 g/mol. The van der Waals surface area contributed by atoms with Crippen molar-refractivity contribution >= 4 is 16.9 Å². The van der Waals surface area contributed by atoms with Gasteiger partial charge in [-0.25, -0.2) is 0 Å². The Balaban J connectivity index is 2.09. The van der Waals surface area contributed by atoms with E-state index in [-0.39, 0.29) is 17.9 Å². The fraction of sp³-hybridized carbons (Fsp3) is 0.375. The summed E-state index contributed by atoms with van der Waals surface area (Å²) in [6.07, 6.45) is 0. The zero-order valence-corrected chi connectivity index (χ0v) is 12.1. The van der Waals surface area contributed by atoms with Crippen LogP contribution < -0.4 is 5.32 Å². The zero-order valence-electron chi connectivity index (χ0n) is 12.1. The van der Waals surface area contributed by atoms with Crippen molar-refractivity contribution in [1.29, 1.82) is 0 Å². The molecule has 0 aliphatic carbocycles. The summed E-state index contributed by atoms with van der Waals surface area (Å²) in [6.45, 7) is 4.52. The Labute approximate surface area is 119 Å². The number of rotatable bonds is 5. The van der Waals surface area contributed by atoms with Crippen LogP contribution >= 0.6 is 0 Å². The molecule has 1 unspecified atom stereocenters. The first-order valence-corrected chi connectivity index (χ1v) is 6.77. The number of nitrogens with one attached hydrogen (secondary N) is 1. The lowest BCUT2D eigenvalue weighted by molar-refractivity contribution is -0.144. The summed E-state index contributed by atoms with van der Waals surface area (Å²) < 4.78 is 4.81. The van der Waals surface area contributed by atoms with E-state index in [2.05, 4.69) is 10.3 Å². The second-order valence-electron chi connectivity index (χ2n) is 5.12. The molecule has 106 valence electrons. The van der Waals surface area contributed by atoms with E-state index in [1.165, 1.54) is 7.11 Å². The second-order valence-corrected chi connectivity index (χ2v) is 5.12. The number of benzene rings is 1. The summed E-state index contributed by atoms with van der Waals surface area (Å²) >= 11 is 0. The summed E-state index contributed by atoms with van der Waals surface area (Å²) in [4.78, 5) is 16.3. The van der Waals surface area contributed by atoms with Gasteiger partial charge in [0.2, 0.25) is 0 Å². The molecule has 0 spiro atoms. The SMILES string of the molecule is COC(=O)C(NCc1ccc2ccccc2n1)C(C)C. The summed E-state index contributed by atoms with van der Waals surface area (Å²) in [6, 6.07) is 11.7. The summed E-state index contributed by atoms with van der Waals surface area (Å²) in [5.41, 5.74) is 1.88. The molecule has 4 nitrogen and oxygen atoms in total. The number of carbonyl (C=O) groups excluding carboxylic acids is 1. The molecule has 1 heterocycles. The van der Waals surface area contributed by atoms with Crippen molar-refractivity contribution in [2.45, 2.75) is 26.4 Å². The third-order valence-electron chi connectivity index (χ3n) is 3.28. The van der Waals surface area contributed by atoms with E-state index in [0.29, 0.717) is 6.54 Å². The number of aromatic nitrogens is 1. The fourth-order valence-electron chi connectivity index (χ4n) is 2.14. The van der Waals surface area contributed by atoms with Gasteiger partial charge in [0.1, 0.15) is 6.04 Å². The van der Waals surface area contributed by atoms with Crippen LogP contribution in [0.25, 0.3) is 10.9 Å². The Morgan fingerprint density at radius 2 is 2.00 bits per heavy atom. The number of nitrogens with zero attached hydrogens (tertiary/aromatic N) is 1. The molecule has 2 rings (SSSR count). The van der Waals surface area contributed by atoms with Crippen molar-refractivity contribution < 1.29 is 9.53 Å². The van der Waals surface area contributed by atoms with Gasteiger partial charge in [-0.05, 0) is 18.1 Å². The van der Waals surface area contributed by atoms with Gasteiger partial charge in [0.05, 0.1) is 18.3 Å². The van der Waals surface area contributed by atoms with Crippen molar-refractivity contribution in [3.8, 4) is 0 Å². The maximum absolute atomic E-state index is 11.7. The molecule has 1 aromatic heterocycles. The third kappa shape index (κ3) is 3.33. The average Bonchev–Trinajstić information content (AvgIpc) is 2.46. The molecule has 1 atom stereocenters. The van der Waals surface area contributed by atoms with Gasteiger partial charge in [0.25, 0.3) is 0 Å². The van der Waals surface area contributed by atoms with Crippen LogP contribution in [-0.2, 0) is 16.1 Å². The van der Waals surface area contributed by atoms with Crippen LogP contribution in [0.15, 0.2) is 36.4 Å². The fourth-order valence-corrected chi connectivity index (χ4v) is 2.14. The van der Waals surface area contributed by atoms with Gasteiger partial charge in [-0.2, -0.15) is 0 Å². The van der Waals surface area contributed by atoms with E-state index in [0.717, 1.165) is 16.6 Å². The smallest absolute Gasteiger partial charge is 0.323 e. The minimum Gasteiger partial charge on any atom is -0.468 e. The van der Waals surface area contributed by atoms with Gasteiger partial charge in [-0.15, -0.1) is 0 Å². The second kappa shape index (κ2) is 6.48. The van der Waals surface area contributed by atoms with Crippen LogP contribution in [0.3, 0.4) is 0 Å². The van der Waals surface area contributed by atoms with Gasteiger partial charge in [0.15, 0.2) is 0 Å². The van der Waals surface area contributed by atoms with Crippen LogP contribution in [0.4, 0.5) is 0 Å². The summed E-state index contributed by atoms with van der Waals surface area (Å²) in [7, 11) is 1.41. The minimum absolute atomic E-state index is 0.169. The number of hydrogen-bond donors (Lipinski definition) is 1. The number of esters is 1. The Kier molecular flexibility index (Phi) is 4.69. The van der Waals surface area contributed by atoms with Gasteiger partial charge in [0, 0.05) is 11.9 Å². The normalized spacial score (nSPS) is 12.6. The van der Waals surface area contributed by atoms with E-state index >= 15 is 0 Å². The molecule has 0 fully saturated rings. The number of methoxy groups -OCH3 is 1. The predicted molar refractivity (Wildman–Crippen MR) is 79.2 cm³/mol. The maximum atomic E-state index is 11.7. The average molecular weight is 272 g/mol. The number of hydrogen-bond acceptors (Lipinski definition) is 4. The van der Waals surface area contributed by atoms with Crippen LogP contribution in [0.5, 0.6) is 0 Å². The molecule has 0 saturated heterocycles. The van der Waals surface area contributed by atoms with Gasteiger partial charge in [-0.1, -0.05) is 38.1 Å². The van der Waals surface area contributed by atoms with Crippen molar-refractivity contribution in [3.05, 3.63) is 42.1 Å². The molecule has 1 N–H and O–H groups in total. The molecule has 0 aliphatic rings. The molecular weight excluding hydrogens is 252 g/mol. The molecule has 0 bridgehead atoms. The Morgan fingerprint density at radius 3 is 2.70 bits per heavy atom. The first kappa shape index (κ1) is 14.5. The number of carbonyl (C=O) groups is 1. The molecule has 0 aliphatic heterocycles.